The summed E-state index contributed by atoms with van der Waals surface area (Å²) >= 11 is 0. The van der Waals surface area contributed by atoms with Gasteiger partial charge in [-0.2, -0.15) is 0 Å². The quantitative estimate of drug-likeness (QED) is 0.800. The number of carbonyl (C=O) groups excluding carboxylic acids is 1. The first-order chi connectivity index (χ1) is 7.52. The topological polar surface area (TPSA) is 67.2 Å². The highest BCUT2D eigenvalue weighted by Gasteiger charge is 2.17. The molecule has 0 saturated carbocycles. The number of carbonyl (C=O) groups is 1. The lowest BCUT2D eigenvalue weighted by Gasteiger charge is -2.18. The van der Waals surface area contributed by atoms with Crippen LogP contribution in [0.3, 0.4) is 0 Å². The maximum Gasteiger partial charge on any atom is 0.242 e. The molecule has 5 nitrogen and oxygen atoms in total. The molecule has 0 bridgehead atoms. The molecule has 1 atom stereocenters. The first-order valence-corrected chi connectivity index (χ1v) is 5.53. The number of anilines is 1. The van der Waals surface area contributed by atoms with Crippen LogP contribution in [0.25, 0.3) is 0 Å². The largest absolute Gasteiger partial charge is 0.360 e. The van der Waals surface area contributed by atoms with Crippen molar-refractivity contribution in [3.63, 3.8) is 0 Å². The molecule has 1 aromatic rings. The third kappa shape index (κ3) is 3.66. The summed E-state index contributed by atoms with van der Waals surface area (Å²) in [5, 5.41) is 9.62. The lowest BCUT2D eigenvalue weighted by molar-refractivity contribution is -0.118. The minimum absolute atomic E-state index is 0.0792. The number of rotatable bonds is 5. The van der Waals surface area contributed by atoms with Gasteiger partial charge in [-0.1, -0.05) is 25.9 Å². The lowest BCUT2D eigenvalue weighted by Crippen LogP contribution is -2.43. The van der Waals surface area contributed by atoms with Crippen LogP contribution in [0.4, 0.5) is 5.82 Å². The average molecular weight is 225 g/mol. The van der Waals surface area contributed by atoms with Crippen molar-refractivity contribution in [2.24, 2.45) is 0 Å². The average Bonchev–Trinajstić information content (AvgIpc) is 2.60. The van der Waals surface area contributed by atoms with E-state index in [4.69, 9.17) is 4.52 Å². The summed E-state index contributed by atoms with van der Waals surface area (Å²) in [7, 11) is 0. The minimum atomic E-state index is -0.197. The number of hydrogen-bond donors (Lipinski definition) is 2. The van der Waals surface area contributed by atoms with Crippen LogP contribution >= 0.6 is 0 Å². The number of amides is 1. The second-order valence-corrected chi connectivity index (χ2v) is 4.09. The Hall–Kier alpha value is -1.36. The van der Waals surface area contributed by atoms with Crippen LogP contribution in [0.15, 0.2) is 10.6 Å². The monoisotopic (exact) mass is 225 g/mol. The van der Waals surface area contributed by atoms with Gasteiger partial charge in [-0.25, -0.2) is 0 Å². The van der Waals surface area contributed by atoms with Crippen molar-refractivity contribution in [2.75, 3.05) is 5.32 Å². The predicted octanol–water partition coefficient (Wildman–Crippen LogP) is 1.70. The molecule has 0 aliphatic carbocycles. The van der Waals surface area contributed by atoms with Crippen LogP contribution in [0.1, 0.15) is 33.0 Å². The molecule has 0 aliphatic rings. The van der Waals surface area contributed by atoms with E-state index in [2.05, 4.69) is 15.8 Å². The molecule has 0 radical (unpaired) electrons. The maximum absolute atomic E-state index is 11.8. The van der Waals surface area contributed by atoms with Gasteiger partial charge in [0.1, 0.15) is 5.76 Å². The van der Waals surface area contributed by atoms with E-state index in [1.807, 2.05) is 20.8 Å². The molecular formula is C11H19N3O2. The second-order valence-electron chi connectivity index (χ2n) is 4.09. The van der Waals surface area contributed by atoms with Crippen LogP contribution in [-0.2, 0) is 4.79 Å². The van der Waals surface area contributed by atoms with E-state index in [-0.39, 0.29) is 18.0 Å². The van der Waals surface area contributed by atoms with Crippen molar-refractivity contribution in [3.05, 3.63) is 11.8 Å². The summed E-state index contributed by atoms with van der Waals surface area (Å²) in [5.74, 6) is 1.07. The predicted molar refractivity (Wildman–Crippen MR) is 62.2 cm³/mol. The highest BCUT2D eigenvalue weighted by Crippen LogP contribution is 2.08. The Morgan fingerprint density at radius 3 is 2.69 bits per heavy atom. The molecule has 1 unspecified atom stereocenters. The van der Waals surface area contributed by atoms with Crippen molar-refractivity contribution >= 4 is 11.7 Å². The summed E-state index contributed by atoms with van der Waals surface area (Å²) < 4.78 is 4.87. The zero-order chi connectivity index (χ0) is 12.1. The highest BCUT2D eigenvalue weighted by atomic mass is 16.5. The molecule has 5 heteroatoms. The van der Waals surface area contributed by atoms with Gasteiger partial charge in [0.25, 0.3) is 0 Å². The van der Waals surface area contributed by atoms with E-state index < -0.39 is 0 Å². The SMILES string of the molecule is CCC(NC(C)C)C(=O)Nc1cc(C)on1. The fourth-order valence-corrected chi connectivity index (χ4v) is 1.42. The fourth-order valence-electron chi connectivity index (χ4n) is 1.42. The molecule has 0 saturated heterocycles. The smallest absolute Gasteiger partial charge is 0.242 e. The zero-order valence-corrected chi connectivity index (χ0v) is 10.2. The Labute approximate surface area is 95.6 Å². The molecule has 90 valence electrons. The molecule has 1 aromatic heterocycles. The van der Waals surface area contributed by atoms with Crippen molar-refractivity contribution < 1.29 is 9.32 Å². The van der Waals surface area contributed by atoms with E-state index in [9.17, 15) is 4.79 Å². The third-order valence-corrected chi connectivity index (χ3v) is 2.14. The second kappa shape index (κ2) is 5.65. The van der Waals surface area contributed by atoms with Gasteiger partial charge >= 0.3 is 0 Å². The molecule has 2 N–H and O–H groups in total. The van der Waals surface area contributed by atoms with Gasteiger partial charge in [0, 0.05) is 12.1 Å². The Morgan fingerprint density at radius 1 is 1.56 bits per heavy atom. The molecule has 1 amide bonds. The fraction of sp³-hybridized carbons (Fsp3) is 0.636. The van der Waals surface area contributed by atoms with E-state index in [0.29, 0.717) is 11.6 Å². The van der Waals surface area contributed by atoms with Gasteiger partial charge in [-0.05, 0) is 13.3 Å². The molecule has 0 aromatic carbocycles. The van der Waals surface area contributed by atoms with E-state index in [1.165, 1.54) is 0 Å². The lowest BCUT2D eigenvalue weighted by atomic mass is 10.2. The van der Waals surface area contributed by atoms with Gasteiger partial charge in [-0.15, -0.1) is 0 Å². The van der Waals surface area contributed by atoms with Crippen LogP contribution in [0.2, 0.25) is 0 Å². The summed E-state index contributed by atoms with van der Waals surface area (Å²) in [6, 6.07) is 1.77. The standard InChI is InChI=1S/C11H19N3O2/c1-5-9(12-7(2)3)11(15)13-10-6-8(4)16-14-10/h6-7,9,12H,5H2,1-4H3,(H,13,14,15). The van der Waals surface area contributed by atoms with Gasteiger partial charge in [0.15, 0.2) is 5.82 Å². The van der Waals surface area contributed by atoms with Crippen LogP contribution < -0.4 is 10.6 Å². The van der Waals surface area contributed by atoms with Crippen LogP contribution in [0.5, 0.6) is 0 Å². The first-order valence-electron chi connectivity index (χ1n) is 5.53. The number of nitrogens with zero attached hydrogens (tertiary/aromatic N) is 1. The minimum Gasteiger partial charge on any atom is -0.360 e. The molecule has 0 aliphatic heterocycles. The van der Waals surface area contributed by atoms with Gasteiger partial charge in [0.2, 0.25) is 5.91 Å². The summed E-state index contributed by atoms with van der Waals surface area (Å²) in [4.78, 5) is 11.8. The molecule has 0 spiro atoms. The summed E-state index contributed by atoms with van der Waals surface area (Å²) in [5.41, 5.74) is 0. The Bertz CT molecular complexity index is 347. The van der Waals surface area contributed by atoms with Crippen molar-refractivity contribution in [3.8, 4) is 0 Å². The molecular weight excluding hydrogens is 206 g/mol. The molecule has 1 rings (SSSR count). The molecule has 0 fully saturated rings. The normalized spacial score (nSPS) is 12.8. The molecule has 16 heavy (non-hydrogen) atoms. The van der Waals surface area contributed by atoms with Gasteiger partial charge in [-0.3, -0.25) is 4.79 Å². The Morgan fingerprint density at radius 2 is 2.25 bits per heavy atom. The van der Waals surface area contributed by atoms with Crippen LogP contribution in [-0.4, -0.2) is 23.1 Å². The van der Waals surface area contributed by atoms with E-state index in [1.54, 1.807) is 13.0 Å². The zero-order valence-electron chi connectivity index (χ0n) is 10.2. The third-order valence-electron chi connectivity index (χ3n) is 2.14. The van der Waals surface area contributed by atoms with Gasteiger partial charge in [0.05, 0.1) is 6.04 Å². The van der Waals surface area contributed by atoms with Gasteiger partial charge < -0.3 is 15.2 Å². The van der Waals surface area contributed by atoms with Crippen molar-refractivity contribution in [1.29, 1.82) is 0 Å². The number of aromatic nitrogens is 1. The van der Waals surface area contributed by atoms with Crippen molar-refractivity contribution in [1.82, 2.24) is 10.5 Å². The highest BCUT2D eigenvalue weighted by molar-refractivity contribution is 5.93. The number of hydrogen-bond acceptors (Lipinski definition) is 4. The maximum atomic E-state index is 11.8. The summed E-state index contributed by atoms with van der Waals surface area (Å²) in [6.07, 6.45) is 0.737. The first kappa shape index (κ1) is 12.7. The molecule has 1 heterocycles. The number of nitrogens with one attached hydrogen (secondary N) is 2. The van der Waals surface area contributed by atoms with Crippen LogP contribution in [0, 0.1) is 6.92 Å². The van der Waals surface area contributed by atoms with E-state index >= 15 is 0 Å². The summed E-state index contributed by atoms with van der Waals surface area (Å²) in [6.45, 7) is 7.77. The number of aryl methyl sites for hydroxylation is 1. The Kier molecular flexibility index (Phi) is 4.49. The van der Waals surface area contributed by atoms with E-state index in [0.717, 1.165) is 6.42 Å². The Balaban J connectivity index is 2.55. The van der Waals surface area contributed by atoms with Crippen molar-refractivity contribution in [2.45, 2.75) is 46.2 Å².